The van der Waals surface area contributed by atoms with E-state index in [0.717, 1.165) is 10.3 Å². The highest BCUT2D eigenvalue weighted by Gasteiger charge is 2.17. The fraction of sp³-hybridized carbons (Fsp3) is 0.286. The Morgan fingerprint density at radius 3 is 2.83 bits per heavy atom. The van der Waals surface area contributed by atoms with Crippen LogP contribution in [-0.2, 0) is 4.57 Å². The van der Waals surface area contributed by atoms with E-state index in [-0.39, 0.29) is 24.9 Å². The van der Waals surface area contributed by atoms with Gasteiger partial charge in [-0.1, -0.05) is 12.1 Å². The van der Waals surface area contributed by atoms with Crippen molar-refractivity contribution in [3.8, 4) is 0 Å². The van der Waals surface area contributed by atoms with Gasteiger partial charge in [-0.3, -0.25) is 4.57 Å². The average molecular weight is 352 g/mol. The van der Waals surface area contributed by atoms with Gasteiger partial charge in [-0.25, -0.2) is 4.79 Å². The Morgan fingerprint density at radius 2 is 2.12 bits per heavy atom. The number of hydrogen-bond donors (Lipinski definition) is 5. The molecule has 10 heteroatoms. The van der Waals surface area contributed by atoms with E-state index in [4.69, 9.17) is 9.79 Å². The van der Waals surface area contributed by atoms with Gasteiger partial charge in [0.1, 0.15) is 5.52 Å². The van der Waals surface area contributed by atoms with E-state index in [1.165, 1.54) is 0 Å². The van der Waals surface area contributed by atoms with Crippen molar-refractivity contribution in [3.63, 3.8) is 0 Å². The van der Waals surface area contributed by atoms with E-state index in [1.54, 1.807) is 12.1 Å². The van der Waals surface area contributed by atoms with E-state index < -0.39 is 13.3 Å². The Balaban J connectivity index is 2.03. The van der Waals surface area contributed by atoms with Gasteiger partial charge < -0.3 is 25.3 Å². The maximum atomic E-state index is 11.8. The highest BCUT2D eigenvalue weighted by molar-refractivity contribution is 7.51. The van der Waals surface area contributed by atoms with Crippen LogP contribution in [0.2, 0.25) is 0 Å². The van der Waals surface area contributed by atoms with Crippen molar-refractivity contribution in [2.45, 2.75) is 13.3 Å². The van der Waals surface area contributed by atoms with Gasteiger partial charge in [0, 0.05) is 11.9 Å². The molecular formula is C14H17N4O5P. The molecule has 5 N–H and O–H groups in total. The molecule has 3 rings (SSSR count). The molecule has 0 unspecified atom stereocenters. The maximum absolute atomic E-state index is 11.8. The first kappa shape index (κ1) is 16.5. The van der Waals surface area contributed by atoms with Crippen LogP contribution in [0.3, 0.4) is 0 Å². The van der Waals surface area contributed by atoms with Crippen LogP contribution in [0.5, 0.6) is 0 Å². The Bertz CT molecular complexity index is 1020. The molecule has 0 aliphatic rings. The highest BCUT2D eigenvalue weighted by Crippen LogP contribution is 2.35. The van der Waals surface area contributed by atoms with Crippen molar-refractivity contribution in [2.75, 3.05) is 18.0 Å². The third kappa shape index (κ3) is 3.14. The number of benzene rings is 1. The van der Waals surface area contributed by atoms with E-state index in [0.29, 0.717) is 21.9 Å². The van der Waals surface area contributed by atoms with Gasteiger partial charge in [-0.15, -0.1) is 0 Å². The van der Waals surface area contributed by atoms with E-state index in [1.807, 2.05) is 13.0 Å². The number of nitrogens with one attached hydrogen (secondary N) is 2. The Labute approximate surface area is 136 Å². The minimum Gasteiger partial charge on any atom is -0.428 e. The molecule has 0 atom stereocenters. The fourth-order valence-corrected chi connectivity index (χ4v) is 3.20. The Kier molecular flexibility index (Phi) is 4.08. The van der Waals surface area contributed by atoms with Crippen LogP contribution in [0.1, 0.15) is 12.0 Å². The molecule has 0 amide bonds. The lowest BCUT2D eigenvalue weighted by atomic mass is 10.2. The van der Waals surface area contributed by atoms with E-state index in [9.17, 15) is 14.6 Å². The van der Waals surface area contributed by atoms with Gasteiger partial charge >= 0.3 is 13.3 Å². The SMILES string of the molecule is Cc1ccc2c3[nH]c(=O)nc(NCCCP(=O)(O)O)c3n(O)c2c1. The summed E-state index contributed by atoms with van der Waals surface area (Å²) in [5.74, 6) is 0.163. The zero-order valence-corrected chi connectivity index (χ0v) is 13.7. The predicted octanol–water partition coefficient (Wildman–Crippen LogP) is 1.40. The molecule has 0 saturated carbocycles. The molecule has 0 aliphatic carbocycles. The number of anilines is 1. The quantitative estimate of drug-likeness (QED) is 0.265. The van der Waals surface area contributed by atoms with Gasteiger partial charge in [0.25, 0.3) is 0 Å². The van der Waals surface area contributed by atoms with Crippen molar-refractivity contribution >= 4 is 35.3 Å². The molecule has 0 fully saturated rings. The van der Waals surface area contributed by atoms with Crippen LogP contribution in [-0.4, -0.2) is 42.4 Å². The summed E-state index contributed by atoms with van der Waals surface area (Å²) in [5, 5.41) is 14.0. The minimum absolute atomic E-state index is 0.163. The first-order chi connectivity index (χ1) is 11.3. The number of aromatic amines is 1. The average Bonchev–Trinajstić information content (AvgIpc) is 2.75. The summed E-state index contributed by atoms with van der Waals surface area (Å²) in [4.78, 5) is 36.0. The standard InChI is InChI=1S/C14H17N4O5P/c1-8-3-4-9-10(7-8)18(20)12-11(9)16-14(19)17-13(12)15-5-2-6-24(21,22)23/h3-4,7,20H,2,5-6H2,1H3,(H2,21,22,23)(H2,15,16,17,19). The number of H-pyrrole nitrogens is 1. The van der Waals surface area contributed by atoms with Crippen molar-refractivity contribution in [1.29, 1.82) is 0 Å². The molecule has 9 nitrogen and oxygen atoms in total. The Morgan fingerprint density at radius 1 is 1.38 bits per heavy atom. The summed E-state index contributed by atoms with van der Waals surface area (Å²) < 4.78 is 11.8. The van der Waals surface area contributed by atoms with Gasteiger partial charge in [0.05, 0.1) is 17.2 Å². The normalized spacial score (nSPS) is 12.1. The number of hydrogen-bond acceptors (Lipinski definition) is 5. The van der Waals surface area contributed by atoms with Gasteiger partial charge in [0.15, 0.2) is 5.82 Å². The van der Waals surface area contributed by atoms with Crippen LogP contribution in [0.15, 0.2) is 23.0 Å². The lowest BCUT2D eigenvalue weighted by Crippen LogP contribution is -2.16. The molecule has 0 saturated heterocycles. The monoisotopic (exact) mass is 352 g/mol. The smallest absolute Gasteiger partial charge is 0.347 e. The van der Waals surface area contributed by atoms with Gasteiger partial charge in [0.2, 0.25) is 0 Å². The molecular weight excluding hydrogens is 335 g/mol. The zero-order chi connectivity index (χ0) is 17.5. The minimum atomic E-state index is -4.07. The largest absolute Gasteiger partial charge is 0.428 e. The second-order valence-corrected chi connectivity index (χ2v) is 7.39. The Hall–Kier alpha value is -2.35. The summed E-state index contributed by atoms with van der Waals surface area (Å²) in [7, 11) is -4.07. The third-order valence-corrected chi connectivity index (χ3v) is 4.59. The van der Waals surface area contributed by atoms with E-state index in [2.05, 4.69) is 15.3 Å². The van der Waals surface area contributed by atoms with Crippen LogP contribution >= 0.6 is 7.60 Å². The second kappa shape index (κ2) is 5.94. The third-order valence-electron chi connectivity index (χ3n) is 3.69. The lowest BCUT2D eigenvalue weighted by molar-refractivity contribution is 0.213. The number of nitrogens with zero attached hydrogens (tertiary/aromatic N) is 2. The zero-order valence-electron chi connectivity index (χ0n) is 12.9. The molecule has 128 valence electrons. The number of fused-ring (bicyclic) bond motifs is 3. The molecule has 0 radical (unpaired) electrons. The highest BCUT2D eigenvalue weighted by atomic mass is 31.2. The number of aromatic nitrogens is 3. The lowest BCUT2D eigenvalue weighted by Gasteiger charge is -2.08. The molecule has 0 spiro atoms. The number of aryl methyl sites for hydroxylation is 1. The van der Waals surface area contributed by atoms with Gasteiger partial charge in [-0.05, 0) is 25.0 Å². The van der Waals surface area contributed by atoms with Crippen molar-refractivity contribution in [1.82, 2.24) is 14.7 Å². The van der Waals surface area contributed by atoms with Crippen LogP contribution < -0.4 is 11.0 Å². The molecule has 1 aromatic carbocycles. The molecule has 0 aliphatic heterocycles. The van der Waals surface area contributed by atoms with Crippen LogP contribution in [0, 0.1) is 6.92 Å². The van der Waals surface area contributed by atoms with Crippen molar-refractivity contribution in [3.05, 3.63) is 34.2 Å². The summed E-state index contributed by atoms with van der Waals surface area (Å²) in [6.07, 6.45) is -0.0708. The first-order valence-electron chi connectivity index (χ1n) is 7.29. The molecule has 2 aromatic heterocycles. The predicted molar refractivity (Wildman–Crippen MR) is 89.8 cm³/mol. The van der Waals surface area contributed by atoms with Gasteiger partial charge in [-0.2, -0.15) is 9.71 Å². The maximum Gasteiger partial charge on any atom is 0.347 e. The number of rotatable bonds is 5. The van der Waals surface area contributed by atoms with Crippen molar-refractivity contribution < 1.29 is 19.6 Å². The second-order valence-electron chi connectivity index (χ2n) is 5.62. The fourth-order valence-electron chi connectivity index (χ4n) is 2.63. The summed E-state index contributed by atoms with van der Waals surface area (Å²) in [5.41, 5.74) is 1.67. The van der Waals surface area contributed by atoms with Crippen LogP contribution in [0.25, 0.3) is 21.9 Å². The topological polar surface area (TPSA) is 140 Å². The molecule has 0 bridgehead atoms. The molecule has 2 heterocycles. The molecule has 3 aromatic rings. The summed E-state index contributed by atoms with van der Waals surface area (Å²) >= 11 is 0. The molecule has 24 heavy (non-hydrogen) atoms. The summed E-state index contributed by atoms with van der Waals surface area (Å²) in [6.45, 7) is 2.09. The van der Waals surface area contributed by atoms with Crippen LogP contribution in [0.4, 0.5) is 5.82 Å². The summed E-state index contributed by atoms with van der Waals surface area (Å²) in [6, 6.07) is 5.45. The van der Waals surface area contributed by atoms with Crippen molar-refractivity contribution in [2.24, 2.45) is 0 Å². The first-order valence-corrected chi connectivity index (χ1v) is 9.09. The van der Waals surface area contributed by atoms with E-state index >= 15 is 0 Å².